The van der Waals surface area contributed by atoms with Crippen molar-refractivity contribution in [3.8, 4) is 0 Å². The standard InChI is InChI=1S/C24H48O2.Cu/c1-2-3-4-5-6-7-8-9-10-11-12-13-14-15-16-17-18-19-20-21-22-23-24(25)26;/h2-23H2,1H3,(H,25,26);. The van der Waals surface area contributed by atoms with E-state index in [1.807, 2.05) is 0 Å². The van der Waals surface area contributed by atoms with Crippen LogP contribution in [0.4, 0.5) is 0 Å². The van der Waals surface area contributed by atoms with Crippen LogP contribution < -0.4 is 0 Å². The first-order valence-corrected chi connectivity index (χ1v) is 12.0. The van der Waals surface area contributed by atoms with Crippen molar-refractivity contribution < 1.29 is 27.0 Å². The van der Waals surface area contributed by atoms with Gasteiger partial charge in [-0.3, -0.25) is 4.79 Å². The Labute approximate surface area is 181 Å². The Hall–Kier alpha value is -0.0105. The Bertz CT molecular complexity index is 282. The summed E-state index contributed by atoms with van der Waals surface area (Å²) in [6.07, 6.45) is 29.1. The van der Waals surface area contributed by atoms with Gasteiger partial charge in [-0.25, -0.2) is 0 Å². The van der Waals surface area contributed by atoms with E-state index in [0.29, 0.717) is 6.42 Å². The van der Waals surface area contributed by atoms with Crippen LogP contribution in [-0.2, 0) is 21.9 Å². The third kappa shape index (κ3) is 28.3. The van der Waals surface area contributed by atoms with Gasteiger partial charge >= 0.3 is 5.97 Å². The topological polar surface area (TPSA) is 37.3 Å². The van der Waals surface area contributed by atoms with Crippen LogP contribution in [0.25, 0.3) is 0 Å². The normalized spacial score (nSPS) is 10.7. The Morgan fingerprint density at radius 2 is 0.704 bits per heavy atom. The first-order chi connectivity index (χ1) is 12.8. The number of unbranched alkanes of at least 4 members (excludes halogenated alkanes) is 20. The van der Waals surface area contributed by atoms with E-state index in [2.05, 4.69) is 6.92 Å². The van der Waals surface area contributed by atoms with E-state index in [-0.39, 0.29) is 17.1 Å². The second-order valence-electron chi connectivity index (χ2n) is 8.21. The summed E-state index contributed by atoms with van der Waals surface area (Å²) in [5.74, 6) is -0.650. The van der Waals surface area contributed by atoms with E-state index < -0.39 is 5.97 Å². The molecule has 0 rings (SSSR count). The summed E-state index contributed by atoms with van der Waals surface area (Å²) < 4.78 is 0. The summed E-state index contributed by atoms with van der Waals surface area (Å²) in [5.41, 5.74) is 0. The van der Waals surface area contributed by atoms with Crippen molar-refractivity contribution in [2.75, 3.05) is 0 Å². The Balaban J connectivity index is 0. The third-order valence-corrected chi connectivity index (χ3v) is 5.49. The van der Waals surface area contributed by atoms with Crippen LogP contribution in [0.15, 0.2) is 0 Å². The maximum Gasteiger partial charge on any atom is 0.303 e. The molecular weight excluding hydrogens is 384 g/mol. The van der Waals surface area contributed by atoms with E-state index in [1.165, 1.54) is 122 Å². The first kappa shape index (κ1) is 29.2. The number of hydrogen-bond acceptors (Lipinski definition) is 1. The molecule has 0 bridgehead atoms. The van der Waals surface area contributed by atoms with Crippen molar-refractivity contribution in [2.24, 2.45) is 0 Å². The molecule has 0 heterocycles. The quantitative estimate of drug-likeness (QED) is 0.137. The molecule has 0 unspecified atom stereocenters. The zero-order valence-corrected chi connectivity index (χ0v) is 19.2. The van der Waals surface area contributed by atoms with Crippen molar-refractivity contribution >= 4 is 5.97 Å². The maximum atomic E-state index is 10.4. The van der Waals surface area contributed by atoms with E-state index in [0.717, 1.165) is 12.8 Å². The number of aliphatic carboxylic acids is 1. The van der Waals surface area contributed by atoms with E-state index >= 15 is 0 Å². The molecule has 0 aromatic rings. The average molecular weight is 432 g/mol. The number of carboxylic acid groups (broad SMARTS) is 1. The van der Waals surface area contributed by atoms with Gasteiger partial charge < -0.3 is 5.11 Å². The number of carbonyl (C=O) groups is 1. The molecule has 0 saturated carbocycles. The number of rotatable bonds is 22. The molecule has 2 nitrogen and oxygen atoms in total. The van der Waals surface area contributed by atoms with Gasteiger partial charge in [-0.1, -0.05) is 135 Å². The smallest absolute Gasteiger partial charge is 0.303 e. The molecule has 1 radical (unpaired) electrons. The van der Waals surface area contributed by atoms with Crippen LogP contribution in [0.1, 0.15) is 148 Å². The number of hydrogen-bond donors (Lipinski definition) is 1. The van der Waals surface area contributed by atoms with Gasteiger partial charge in [0.15, 0.2) is 0 Å². The fourth-order valence-electron chi connectivity index (χ4n) is 3.71. The Kier molecular flexibility index (Phi) is 28.1. The molecule has 27 heavy (non-hydrogen) atoms. The summed E-state index contributed by atoms with van der Waals surface area (Å²) in [4.78, 5) is 10.4. The molecule has 0 aromatic heterocycles. The molecule has 0 fully saturated rings. The molecule has 0 aliphatic heterocycles. The van der Waals surface area contributed by atoms with E-state index in [9.17, 15) is 4.79 Å². The van der Waals surface area contributed by atoms with Gasteiger partial charge in [0.2, 0.25) is 0 Å². The van der Waals surface area contributed by atoms with Crippen molar-refractivity contribution in [1.29, 1.82) is 0 Å². The summed E-state index contributed by atoms with van der Waals surface area (Å²) in [6, 6.07) is 0. The van der Waals surface area contributed by atoms with Gasteiger partial charge in [0, 0.05) is 23.5 Å². The minimum Gasteiger partial charge on any atom is -0.481 e. The van der Waals surface area contributed by atoms with Gasteiger partial charge in [0.25, 0.3) is 0 Å². The molecule has 0 spiro atoms. The van der Waals surface area contributed by atoms with Crippen molar-refractivity contribution in [3.63, 3.8) is 0 Å². The average Bonchev–Trinajstić information content (AvgIpc) is 2.62. The Morgan fingerprint density at radius 3 is 0.926 bits per heavy atom. The largest absolute Gasteiger partial charge is 0.481 e. The minimum atomic E-state index is -0.650. The van der Waals surface area contributed by atoms with Crippen molar-refractivity contribution in [2.45, 2.75) is 148 Å². The number of carboxylic acids is 1. The predicted octanol–water partition coefficient (Wildman–Crippen LogP) is 8.67. The van der Waals surface area contributed by atoms with Gasteiger partial charge in [0.1, 0.15) is 0 Å². The van der Waals surface area contributed by atoms with Gasteiger partial charge in [0.05, 0.1) is 0 Å². The van der Waals surface area contributed by atoms with Crippen LogP contribution in [0.2, 0.25) is 0 Å². The van der Waals surface area contributed by atoms with Gasteiger partial charge in [-0.15, -0.1) is 0 Å². The SMILES string of the molecule is CCCCCCCCCCCCCCCCCCCCCCCC(=O)O.[Cu]. The summed E-state index contributed by atoms with van der Waals surface area (Å²) >= 11 is 0. The zero-order chi connectivity index (χ0) is 19.1. The minimum absolute atomic E-state index is 0. The summed E-state index contributed by atoms with van der Waals surface area (Å²) in [7, 11) is 0. The van der Waals surface area contributed by atoms with E-state index in [4.69, 9.17) is 5.11 Å². The maximum absolute atomic E-state index is 10.4. The van der Waals surface area contributed by atoms with Gasteiger partial charge in [-0.05, 0) is 6.42 Å². The van der Waals surface area contributed by atoms with Crippen LogP contribution in [0, 0.1) is 0 Å². The molecule has 0 aromatic carbocycles. The first-order valence-electron chi connectivity index (χ1n) is 12.0. The van der Waals surface area contributed by atoms with Crippen LogP contribution in [0.3, 0.4) is 0 Å². The molecular formula is C24H48CuO2. The Morgan fingerprint density at radius 1 is 0.481 bits per heavy atom. The third-order valence-electron chi connectivity index (χ3n) is 5.49. The molecule has 0 saturated heterocycles. The molecule has 0 amide bonds. The molecule has 0 atom stereocenters. The molecule has 167 valence electrons. The van der Waals surface area contributed by atoms with Crippen molar-refractivity contribution in [3.05, 3.63) is 0 Å². The van der Waals surface area contributed by atoms with Crippen LogP contribution in [0.5, 0.6) is 0 Å². The second kappa shape index (κ2) is 26.0. The molecule has 1 N–H and O–H groups in total. The van der Waals surface area contributed by atoms with Crippen LogP contribution in [-0.4, -0.2) is 11.1 Å². The summed E-state index contributed by atoms with van der Waals surface area (Å²) in [5, 5.41) is 8.57. The monoisotopic (exact) mass is 431 g/mol. The van der Waals surface area contributed by atoms with Gasteiger partial charge in [-0.2, -0.15) is 0 Å². The fourth-order valence-corrected chi connectivity index (χ4v) is 3.71. The molecule has 0 aliphatic rings. The predicted molar refractivity (Wildman–Crippen MR) is 115 cm³/mol. The molecule has 3 heteroatoms. The van der Waals surface area contributed by atoms with Crippen molar-refractivity contribution in [1.82, 2.24) is 0 Å². The molecule has 0 aliphatic carbocycles. The fraction of sp³-hybridized carbons (Fsp3) is 0.958. The van der Waals surface area contributed by atoms with Crippen LogP contribution >= 0.6 is 0 Å². The second-order valence-corrected chi connectivity index (χ2v) is 8.21. The summed E-state index contributed by atoms with van der Waals surface area (Å²) in [6.45, 7) is 2.29. The zero-order valence-electron chi connectivity index (χ0n) is 18.2. The van der Waals surface area contributed by atoms with E-state index in [1.54, 1.807) is 0 Å².